The Morgan fingerprint density at radius 1 is 1.25 bits per heavy atom. The third-order valence-corrected chi connectivity index (χ3v) is 4.83. The number of hydrazine groups is 1. The number of nitrogens with one attached hydrogen (secondary N) is 1. The average molecular weight is 277 g/mol. The third-order valence-electron chi connectivity index (χ3n) is 4.83. The Hall–Kier alpha value is -1.20. The first kappa shape index (κ1) is 15.2. The molecule has 1 fully saturated rings. The highest BCUT2D eigenvalue weighted by Gasteiger charge is 2.31. The van der Waals surface area contributed by atoms with Gasteiger partial charge in [-0.15, -0.1) is 0 Å². The molecule has 0 atom stereocenters. The molecule has 0 unspecified atom stereocenters. The summed E-state index contributed by atoms with van der Waals surface area (Å²) < 4.78 is 0. The number of aryl methyl sites for hydroxylation is 1. The second-order valence-electron chi connectivity index (χ2n) is 5.94. The summed E-state index contributed by atoms with van der Waals surface area (Å²) in [6, 6.07) is 1.86. The van der Waals surface area contributed by atoms with Gasteiger partial charge in [-0.2, -0.15) is 0 Å². The van der Waals surface area contributed by atoms with Crippen molar-refractivity contribution in [2.75, 3.05) is 18.5 Å². The van der Waals surface area contributed by atoms with Gasteiger partial charge in [-0.1, -0.05) is 26.7 Å². The van der Waals surface area contributed by atoms with Crippen molar-refractivity contribution in [3.05, 3.63) is 17.6 Å². The lowest BCUT2D eigenvalue weighted by Crippen LogP contribution is -2.39. The van der Waals surface area contributed by atoms with Crippen molar-refractivity contribution in [2.24, 2.45) is 11.3 Å². The second-order valence-corrected chi connectivity index (χ2v) is 5.94. The van der Waals surface area contributed by atoms with E-state index in [4.69, 9.17) is 5.84 Å². The molecular formula is C15H27N5. The molecule has 0 amide bonds. The van der Waals surface area contributed by atoms with E-state index in [9.17, 15) is 0 Å². The Bertz CT molecular complexity index is 432. The maximum absolute atomic E-state index is 5.44. The van der Waals surface area contributed by atoms with Gasteiger partial charge in [0.05, 0.1) is 6.54 Å². The number of anilines is 1. The van der Waals surface area contributed by atoms with Crippen molar-refractivity contribution < 1.29 is 0 Å². The van der Waals surface area contributed by atoms with Gasteiger partial charge in [-0.25, -0.2) is 15.8 Å². The average Bonchev–Trinajstić information content (AvgIpc) is 2.48. The van der Waals surface area contributed by atoms with Gasteiger partial charge in [-0.3, -0.25) is 4.90 Å². The first-order valence-electron chi connectivity index (χ1n) is 7.64. The number of hydrogen-bond acceptors (Lipinski definition) is 5. The molecule has 1 aliphatic heterocycles. The summed E-state index contributed by atoms with van der Waals surface area (Å²) in [7, 11) is 0. The number of aromatic nitrogens is 2. The zero-order valence-electron chi connectivity index (χ0n) is 12.9. The summed E-state index contributed by atoms with van der Waals surface area (Å²) in [5, 5.41) is 0. The quantitative estimate of drug-likeness (QED) is 0.639. The minimum Gasteiger partial charge on any atom is -0.308 e. The summed E-state index contributed by atoms with van der Waals surface area (Å²) in [4.78, 5) is 11.4. The van der Waals surface area contributed by atoms with Crippen LogP contribution in [0, 0.1) is 12.3 Å². The minimum atomic E-state index is 0.563. The van der Waals surface area contributed by atoms with Gasteiger partial charge in [0.2, 0.25) is 0 Å². The second kappa shape index (κ2) is 6.50. The first-order valence-corrected chi connectivity index (χ1v) is 7.64. The predicted molar refractivity (Wildman–Crippen MR) is 82.1 cm³/mol. The van der Waals surface area contributed by atoms with Crippen LogP contribution in [0.2, 0.25) is 0 Å². The zero-order valence-corrected chi connectivity index (χ0v) is 12.9. The van der Waals surface area contributed by atoms with Crippen LogP contribution in [0.5, 0.6) is 0 Å². The van der Waals surface area contributed by atoms with Crippen molar-refractivity contribution in [1.29, 1.82) is 0 Å². The molecule has 0 bridgehead atoms. The van der Waals surface area contributed by atoms with Gasteiger partial charge in [0.1, 0.15) is 11.6 Å². The molecule has 5 nitrogen and oxygen atoms in total. The Kier molecular flexibility index (Phi) is 4.94. The molecule has 1 aromatic heterocycles. The smallest absolute Gasteiger partial charge is 0.145 e. The van der Waals surface area contributed by atoms with E-state index in [1.807, 2.05) is 13.0 Å². The molecule has 1 aliphatic rings. The molecule has 20 heavy (non-hydrogen) atoms. The topological polar surface area (TPSA) is 67.1 Å². The lowest BCUT2D eigenvalue weighted by atomic mass is 9.74. The fourth-order valence-corrected chi connectivity index (χ4v) is 3.12. The maximum atomic E-state index is 5.44. The van der Waals surface area contributed by atoms with Crippen LogP contribution in [-0.2, 0) is 6.54 Å². The summed E-state index contributed by atoms with van der Waals surface area (Å²) in [5.74, 6) is 6.99. The van der Waals surface area contributed by atoms with Crippen LogP contribution in [0.4, 0.5) is 5.82 Å². The SMILES string of the molecule is CCC1(CC)CCN(Cc2nc(C)cc(NN)n2)CC1. The van der Waals surface area contributed by atoms with Crippen LogP contribution < -0.4 is 11.3 Å². The van der Waals surface area contributed by atoms with Crippen LogP contribution in [-0.4, -0.2) is 28.0 Å². The third kappa shape index (κ3) is 3.46. The van der Waals surface area contributed by atoms with Crippen LogP contribution in [0.3, 0.4) is 0 Å². The lowest BCUT2D eigenvalue weighted by Gasteiger charge is -2.40. The number of nitrogens with two attached hydrogens (primary N) is 1. The van der Waals surface area contributed by atoms with E-state index in [1.54, 1.807) is 0 Å². The van der Waals surface area contributed by atoms with Crippen LogP contribution in [0.25, 0.3) is 0 Å². The molecule has 1 saturated heterocycles. The largest absolute Gasteiger partial charge is 0.308 e. The van der Waals surface area contributed by atoms with Crippen LogP contribution in [0.15, 0.2) is 6.07 Å². The molecule has 5 heteroatoms. The number of nitrogens with zero attached hydrogens (tertiary/aromatic N) is 3. The molecular weight excluding hydrogens is 250 g/mol. The number of rotatable bonds is 5. The standard InChI is InChI=1S/C15H27N5/c1-4-15(5-2)6-8-20(9-7-15)11-14-17-12(3)10-13(18-14)19-16/h10H,4-9,11,16H2,1-3H3,(H,17,18,19). The van der Waals surface area contributed by atoms with Crippen molar-refractivity contribution >= 4 is 5.82 Å². The number of likely N-dealkylation sites (tertiary alicyclic amines) is 1. The fourth-order valence-electron chi connectivity index (χ4n) is 3.12. The zero-order chi connectivity index (χ0) is 14.6. The summed E-state index contributed by atoms with van der Waals surface area (Å²) in [6.45, 7) is 9.72. The highest BCUT2D eigenvalue weighted by atomic mass is 15.3. The van der Waals surface area contributed by atoms with Gasteiger partial charge >= 0.3 is 0 Å². The Balaban J connectivity index is 1.97. The van der Waals surface area contributed by atoms with E-state index in [0.717, 1.165) is 31.2 Å². The molecule has 2 heterocycles. The van der Waals surface area contributed by atoms with Crippen molar-refractivity contribution in [3.8, 4) is 0 Å². The maximum Gasteiger partial charge on any atom is 0.145 e. The lowest BCUT2D eigenvalue weighted by molar-refractivity contribution is 0.0892. The molecule has 2 rings (SSSR count). The molecule has 0 saturated carbocycles. The summed E-state index contributed by atoms with van der Waals surface area (Å²) >= 11 is 0. The van der Waals surface area contributed by atoms with E-state index < -0.39 is 0 Å². The van der Waals surface area contributed by atoms with Crippen LogP contribution >= 0.6 is 0 Å². The molecule has 0 spiro atoms. The van der Waals surface area contributed by atoms with Gasteiger partial charge in [-0.05, 0) is 38.3 Å². The molecule has 1 aromatic rings. The normalized spacial score (nSPS) is 19.0. The van der Waals surface area contributed by atoms with E-state index in [1.165, 1.54) is 25.7 Å². The number of hydrogen-bond donors (Lipinski definition) is 2. The number of piperidine rings is 1. The van der Waals surface area contributed by atoms with E-state index in [0.29, 0.717) is 11.2 Å². The molecule has 0 radical (unpaired) electrons. The van der Waals surface area contributed by atoms with E-state index in [2.05, 4.69) is 34.1 Å². The number of nitrogen functional groups attached to an aromatic ring is 1. The Morgan fingerprint density at radius 2 is 1.90 bits per heavy atom. The fraction of sp³-hybridized carbons (Fsp3) is 0.733. The van der Waals surface area contributed by atoms with Crippen LogP contribution in [0.1, 0.15) is 51.0 Å². The van der Waals surface area contributed by atoms with Gasteiger partial charge < -0.3 is 5.43 Å². The highest BCUT2D eigenvalue weighted by molar-refractivity contribution is 5.33. The van der Waals surface area contributed by atoms with Gasteiger partial charge in [0.25, 0.3) is 0 Å². The first-order chi connectivity index (χ1) is 9.60. The van der Waals surface area contributed by atoms with Gasteiger partial charge in [0.15, 0.2) is 0 Å². The minimum absolute atomic E-state index is 0.563. The summed E-state index contributed by atoms with van der Waals surface area (Å²) in [5.41, 5.74) is 4.13. The van der Waals surface area contributed by atoms with Crippen molar-refractivity contribution in [1.82, 2.24) is 14.9 Å². The van der Waals surface area contributed by atoms with E-state index >= 15 is 0 Å². The van der Waals surface area contributed by atoms with Crippen molar-refractivity contribution in [3.63, 3.8) is 0 Å². The predicted octanol–water partition coefficient (Wildman–Crippen LogP) is 2.47. The molecule has 3 N–H and O–H groups in total. The van der Waals surface area contributed by atoms with Gasteiger partial charge in [0, 0.05) is 11.8 Å². The van der Waals surface area contributed by atoms with E-state index in [-0.39, 0.29) is 0 Å². The molecule has 0 aliphatic carbocycles. The monoisotopic (exact) mass is 277 g/mol. The summed E-state index contributed by atoms with van der Waals surface area (Å²) in [6.07, 6.45) is 5.15. The molecule has 0 aromatic carbocycles. The Morgan fingerprint density at radius 3 is 2.45 bits per heavy atom. The molecule has 112 valence electrons. The Labute approximate surface area is 121 Å². The van der Waals surface area contributed by atoms with Crippen molar-refractivity contribution in [2.45, 2.75) is 53.0 Å². The highest BCUT2D eigenvalue weighted by Crippen LogP contribution is 2.38.